The second-order valence-corrected chi connectivity index (χ2v) is 13.3. The molecule has 0 bridgehead atoms. The Morgan fingerprint density at radius 2 is 1.27 bits per heavy atom. The number of methoxy groups -OCH3 is 1. The van der Waals surface area contributed by atoms with E-state index in [-0.39, 0.29) is 51.7 Å². The number of nitrogens with zero attached hydrogens (tertiary/aromatic N) is 2. The molecule has 2 unspecified atom stereocenters. The van der Waals surface area contributed by atoms with Crippen molar-refractivity contribution in [2.75, 3.05) is 79.7 Å². The van der Waals surface area contributed by atoms with E-state index in [1.807, 2.05) is 55.5 Å². The predicted molar refractivity (Wildman–Crippen MR) is 189 cm³/mol. The van der Waals surface area contributed by atoms with Crippen LogP contribution in [-0.2, 0) is 33.3 Å². The Labute approximate surface area is 320 Å². The van der Waals surface area contributed by atoms with Crippen LogP contribution in [0.3, 0.4) is 0 Å². The fraction of sp³-hybridized carbons (Fsp3) is 0.462. The molecule has 0 saturated carbocycles. The topological polar surface area (TPSA) is 133 Å². The van der Waals surface area contributed by atoms with Gasteiger partial charge in [0.05, 0.1) is 51.8 Å². The molecule has 2 aliphatic rings. The van der Waals surface area contributed by atoms with Crippen molar-refractivity contribution in [3.63, 3.8) is 0 Å². The lowest BCUT2D eigenvalue weighted by Gasteiger charge is -2.52. The summed E-state index contributed by atoms with van der Waals surface area (Å²) in [5.41, 5.74) is 2.82. The minimum Gasteiger partial charge on any atom is -0.465 e. The highest BCUT2D eigenvalue weighted by atomic mass is 19.2. The Bertz CT molecular complexity index is 1790. The predicted octanol–water partition coefficient (Wildman–Crippen LogP) is 5.54. The second kappa shape index (κ2) is 19.5. The van der Waals surface area contributed by atoms with E-state index in [2.05, 4.69) is 4.74 Å². The van der Waals surface area contributed by atoms with E-state index in [0.717, 1.165) is 22.3 Å². The number of ether oxygens (including phenoxy) is 6. The molecule has 2 atom stereocenters. The number of carboxylic acid groups (broad SMARTS) is 1. The fourth-order valence-corrected chi connectivity index (χ4v) is 7.38. The molecule has 5 rings (SSSR count). The molecule has 12 nitrogen and oxygen atoms in total. The molecule has 1 saturated heterocycles. The number of fused-ring (bicyclic) bond motifs is 3. The standard InChI is InChI=1S/C39H43F5N2O10/c1-39(31-27-9-5-3-7-25(27)26-8-4-6-10-28(26)31)21-24(11-12-46(39)38(49)50)45(13-14-52-17-18-54-20-19-53-16-15-51-2)29(47)22-55-23-30(48)56-37-35(43)33(41)32(40)34(42)36(37)44/h3-10,24,31H,11-23H2,1-2H3,(H,49,50). The molecule has 1 aliphatic heterocycles. The van der Waals surface area contributed by atoms with Crippen molar-refractivity contribution in [2.24, 2.45) is 0 Å². The molecular weight excluding hydrogens is 751 g/mol. The summed E-state index contributed by atoms with van der Waals surface area (Å²) in [6.07, 6.45) is -0.668. The van der Waals surface area contributed by atoms with Gasteiger partial charge in [-0.1, -0.05) is 48.5 Å². The monoisotopic (exact) mass is 794 g/mol. The van der Waals surface area contributed by atoms with Gasteiger partial charge in [0, 0.05) is 32.2 Å². The Morgan fingerprint density at radius 3 is 1.82 bits per heavy atom. The number of benzene rings is 3. The molecule has 0 aromatic heterocycles. The van der Waals surface area contributed by atoms with Gasteiger partial charge in [-0.2, -0.15) is 8.78 Å². The van der Waals surface area contributed by atoms with E-state index in [1.165, 1.54) is 9.80 Å². The zero-order chi connectivity index (χ0) is 40.4. The van der Waals surface area contributed by atoms with Gasteiger partial charge in [0.25, 0.3) is 0 Å². The SMILES string of the molecule is COCCOCCOCCOCCN(C(=O)COCC(=O)Oc1c(F)c(F)c(F)c(F)c1F)C1CCN(C(=O)O)C(C)(C2c3ccccc3-c3ccccc32)C1. The van der Waals surface area contributed by atoms with Gasteiger partial charge in [0.15, 0.2) is 0 Å². The van der Waals surface area contributed by atoms with E-state index in [0.29, 0.717) is 26.4 Å². The first-order valence-electron chi connectivity index (χ1n) is 17.9. The van der Waals surface area contributed by atoms with Crippen molar-refractivity contribution in [2.45, 2.75) is 37.3 Å². The Balaban J connectivity index is 1.29. The van der Waals surface area contributed by atoms with E-state index >= 15 is 0 Å². The fourth-order valence-electron chi connectivity index (χ4n) is 7.38. The summed E-state index contributed by atoms with van der Waals surface area (Å²) in [4.78, 5) is 41.9. The van der Waals surface area contributed by atoms with E-state index in [1.54, 1.807) is 7.11 Å². The summed E-state index contributed by atoms with van der Waals surface area (Å²) in [7, 11) is 1.57. The van der Waals surface area contributed by atoms with Crippen molar-refractivity contribution in [3.05, 3.63) is 88.7 Å². The van der Waals surface area contributed by atoms with E-state index < -0.39 is 77.6 Å². The number of esters is 1. The molecule has 1 N–H and O–H groups in total. The highest BCUT2D eigenvalue weighted by molar-refractivity contribution is 5.81. The number of piperidine rings is 1. The zero-order valence-corrected chi connectivity index (χ0v) is 30.9. The minimum atomic E-state index is -2.42. The number of rotatable bonds is 19. The summed E-state index contributed by atoms with van der Waals surface area (Å²) in [5.74, 6) is -16.1. The summed E-state index contributed by atoms with van der Waals surface area (Å²) < 4.78 is 99.9. The molecule has 2 amide bonds. The summed E-state index contributed by atoms with van der Waals surface area (Å²) >= 11 is 0. The van der Waals surface area contributed by atoms with Gasteiger partial charge < -0.3 is 43.3 Å². The molecule has 1 heterocycles. The van der Waals surface area contributed by atoms with Crippen LogP contribution in [0.5, 0.6) is 5.75 Å². The minimum absolute atomic E-state index is 0.0307. The van der Waals surface area contributed by atoms with Crippen LogP contribution in [0.1, 0.15) is 36.8 Å². The largest absolute Gasteiger partial charge is 0.465 e. The molecule has 3 aromatic rings. The maximum Gasteiger partial charge on any atom is 0.407 e. The van der Waals surface area contributed by atoms with Gasteiger partial charge in [-0.05, 0) is 42.0 Å². The summed E-state index contributed by atoms with van der Waals surface area (Å²) in [5, 5.41) is 10.5. The molecule has 56 heavy (non-hydrogen) atoms. The maximum atomic E-state index is 14.1. The van der Waals surface area contributed by atoms with Gasteiger partial charge in [0.2, 0.25) is 40.7 Å². The molecule has 1 aliphatic carbocycles. The van der Waals surface area contributed by atoms with E-state index in [4.69, 9.17) is 23.7 Å². The number of hydrogen-bond donors (Lipinski definition) is 1. The molecule has 0 spiro atoms. The Morgan fingerprint density at radius 1 is 0.750 bits per heavy atom. The third-order valence-electron chi connectivity index (χ3n) is 9.88. The number of carbonyl (C=O) groups is 3. The molecule has 0 radical (unpaired) electrons. The number of carbonyl (C=O) groups excluding carboxylic acids is 2. The molecule has 3 aromatic carbocycles. The average Bonchev–Trinajstić information content (AvgIpc) is 3.53. The first-order chi connectivity index (χ1) is 26.9. The summed E-state index contributed by atoms with van der Waals surface area (Å²) in [6.45, 7) is 2.21. The van der Waals surface area contributed by atoms with Gasteiger partial charge in [-0.25, -0.2) is 22.8 Å². The van der Waals surface area contributed by atoms with Gasteiger partial charge in [-0.15, -0.1) is 0 Å². The number of halogens is 5. The summed E-state index contributed by atoms with van der Waals surface area (Å²) in [6, 6.07) is 15.0. The van der Waals surface area contributed by atoms with Crippen LogP contribution >= 0.6 is 0 Å². The van der Waals surface area contributed by atoms with Gasteiger partial charge in [-0.3, -0.25) is 4.79 Å². The lowest BCUT2D eigenvalue weighted by Crippen LogP contribution is -2.62. The van der Waals surface area contributed by atoms with Crippen LogP contribution in [0.2, 0.25) is 0 Å². The van der Waals surface area contributed by atoms with Crippen LogP contribution in [0.15, 0.2) is 48.5 Å². The lowest BCUT2D eigenvalue weighted by atomic mass is 9.71. The van der Waals surface area contributed by atoms with Crippen LogP contribution < -0.4 is 4.74 Å². The number of likely N-dealkylation sites (tertiary alicyclic amines) is 1. The third-order valence-corrected chi connectivity index (χ3v) is 9.88. The normalized spacial score (nSPS) is 17.8. The van der Waals surface area contributed by atoms with Crippen LogP contribution in [0.25, 0.3) is 11.1 Å². The molecular formula is C39H43F5N2O10. The quantitative estimate of drug-likeness (QED) is 0.0412. The lowest BCUT2D eigenvalue weighted by molar-refractivity contribution is -0.147. The van der Waals surface area contributed by atoms with Crippen molar-refractivity contribution < 1.29 is 69.9 Å². The van der Waals surface area contributed by atoms with Gasteiger partial charge in [0.1, 0.15) is 13.2 Å². The highest BCUT2D eigenvalue weighted by Gasteiger charge is 2.52. The smallest absolute Gasteiger partial charge is 0.407 e. The number of hydrogen-bond acceptors (Lipinski definition) is 9. The van der Waals surface area contributed by atoms with Crippen LogP contribution in [0, 0.1) is 29.1 Å². The third kappa shape index (κ3) is 9.46. The highest BCUT2D eigenvalue weighted by Crippen LogP contribution is 2.54. The molecule has 17 heteroatoms. The average molecular weight is 795 g/mol. The molecule has 304 valence electrons. The van der Waals surface area contributed by atoms with E-state index in [9.17, 15) is 41.4 Å². The Hall–Kier alpha value is -4.68. The van der Waals surface area contributed by atoms with Crippen LogP contribution in [-0.4, -0.2) is 124 Å². The first-order valence-corrected chi connectivity index (χ1v) is 17.9. The number of amides is 2. The van der Waals surface area contributed by atoms with Crippen molar-refractivity contribution in [3.8, 4) is 16.9 Å². The zero-order valence-electron chi connectivity index (χ0n) is 30.9. The van der Waals surface area contributed by atoms with Gasteiger partial charge >= 0.3 is 12.1 Å². The second-order valence-electron chi connectivity index (χ2n) is 13.3. The van der Waals surface area contributed by atoms with Crippen molar-refractivity contribution in [1.29, 1.82) is 0 Å². The maximum absolute atomic E-state index is 14.1. The first kappa shape index (κ1) is 42.5. The van der Waals surface area contributed by atoms with Crippen molar-refractivity contribution >= 4 is 18.0 Å². The van der Waals surface area contributed by atoms with Crippen molar-refractivity contribution in [1.82, 2.24) is 9.80 Å². The molecule has 1 fully saturated rings. The Kier molecular flexibility index (Phi) is 14.8. The van der Waals surface area contributed by atoms with Crippen LogP contribution in [0.4, 0.5) is 26.7 Å².